The summed E-state index contributed by atoms with van der Waals surface area (Å²) in [6.45, 7) is 5.11. The first-order chi connectivity index (χ1) is 8.75. The van der Waals surface area contributed by atoms with Gasteiger partial charge in [0.05, 0.1) is 0 Å². The second kappa shape index (κ2) is 5.05. The van der Waals surface area contributed by atoms with Gasteiger partial charge in [-0.05, 0) is 17.6 Å². The minimum Gasteiger partial charge on any atom is -0.407 e. The third kappa shape index (κ3) is 4.14. The standard InChI is InChI=1S/C12H14BF3O3/c1-11(2)7-17-13(18-8-11)9-3-5-10(6-4-9)19-12(14,15)16/h3-6H,7-8H2,1-2H3. The fourth-order valence-electron chi connectivity index (χ4n) is 1.71. The van der Waals surface area contributed by atoms with Gasteiger partial charge in [-0.25, -0.2) is 0 Å². The molecule has 0 aromatic heterocycles. The van der Waals surface area contributed by atoms with Crippen molar-refractivity contribution in [3.05, 3.63) is 24.3 Å². The SMILES string of the molecule is CC1(C)COB(c2ccc(OC(F)(F)F)cc2)OC1. The average molecular weight is 274 g/mol. The van der Waals surface area contributed by atoms with Crippen molar-refractivity contribution < 1.29 is 27.2 Å². The van der Waals surface area contributed by atoms with E-state index in [2.05, 4.69) is 4.74 Å². The molecule has 1 aromatic rings. The lowest BCUT2D eigenvalue weighted by molar-refractivity contribution is -0.274. The number of alkyl halides is 3. The van der Waals surface area contributed by atoms with Crippen LogP contribution in [0.25, 0.3) is 0 Å². The Bertz CT molecular complexity index is 421. The minimum absolute atomic E-state index is 0.0458. The number of ether oxygens (including phenoxy) is 1. The van der Waals surface area contributed by atoms with Crippen LogP contribution in [0.4, 0.5) is 13.2 Å². The maximum Gasteiger partial charge on any atom is 0.573 e. The second-order valence-electron chi connectivity index (χ2n) is 5.23. The highest BCUT2D eigenvalue weighted by Gasteiger charge is 2.34. The van der Waals surface area contributed by atoms with Crippen LogP contribution in [0.15, 0.2) is 24.3 Å². The normalized spacial score (nSPS) is 19.3. The van der Waals surface area contributed by atoms with Gasteiger partial charge in [0, 0.05) is 18.6 Å². The van der Waals surface area contributed by atoms with Crippen LogP contribution in [0.5, 0.6) is 5.75 Å². The van der Waals surface area contributed by atoms with Gasteiger partial charge in [-0.2, -0.15) is 0 Å². The predicted octanol–water partition coefficient (Wildman–Crippen LogP) is 2.35. The van der Waals surface area contributed by atoms with E-state index in [9.17, 15) is 13.2 Å². The van der Waals surface area contributed by atoms with Crippen LogP contribution in [0, 0.1) is 5.41 Å². The molecule has 1 saturated heterocycles. The topological polar surface area (TPSA) is 27.7 Å². The molecule has 1 aromatic carbocycles. The molecule has 0 saturated carbocycles. The van der Waals surface area contributed by atoms with E-state index in [0.717, 1.165) is 0 Å². The molecule has 0 atom stereocenters. The summed E-state index contributed by atoms with van der Waals surface area (Å²) >= 11 is 0. The number of benzene rings is 1. The van der Waals surface area contributed by atoms with Crippen LogP contribution in [0.2, 0.25) is 0 Å². The molecule has 1 aliphatic heterocycles. The Hall–Kier alpha value is -1.21. The molecule has 0 N–H and O–H groups in total. The number of hydrogen-bond acceptors (Lipinski definition) is 3. The summed E-state index contributed by atoms with van der Waals surface area (Å²) in [5.74, 6) is -0.257. The first kappa shape index (κ1) is 14.2. The summed E-state index contributed by atoms with van der Waals surface area (Å²) in [5.41, 5.74) is 0.626. The molecule has 0 amide bonds. The highest BCUT2D eigenvalue weighted by atomic mass is 19.4. The van der Waals surface area contributed by atoms with Crippen LogP contribution in [-0.4, -0.2) is 26.7 Å². The molecule has 1 aliphatic rings. The fourth-order valence-corrected chi connectivity index (χ4v) is 1.71. The molecule has 104 valence electrons. The third-order valence-corrected chi connectivity index (χ3v) is 2.64. The molecule has 0 unspecified atom stereocenters. The monoisotopic (exact) mass is 274 g/mol. The van der Waals surface area contributed by atoms with Crippen LogP contribution >= 0.6 is 0 Å². The molecule has 0 aliphatic carbocycles. The molecule has 1 fully saturated rings. The zero-order chi connectivity index (χ0) is 14.1. The van der Waals surface area contributed by atoms with Gasteiger partial charge in [-0.1, -0.05) is 26.0 Å². The molecule has 0 spiro atoms. The number of halogens is 3. The Kier molecular flexibility index (Phi) is 3.78. The highest BCUT2D eigenvalue weighted by Crippen LogP contribution is 2.23. The molecular formula is C12H14BF3O3. The van der Waals surface area contributed by atoms with Gasteiger partial charge in [0.2, 0.25) is 0 Å². The Balaban J connectivity index is 1.99. The molecule has 2 rings (SSSR count). The lowest BCUT2D eigenvalue weighted by atomic mass is 9.76. The molecule has 19 heavy (non-hydrogen) atoms. The van der Waals surface area contributed by atoms with Crippen molar-refractivity contribution in [2.24, 2.45) is 5.41 Å². The summed E-state index contributed by atoms with van der Waals surface area (Å²) in [6, 6.07) is 5.50. The van der Waals surface area contributed by atoms with Crippen molar-refractivity contribution in [1.82, 2.24) is 0 Å². The Morgan fingerprint density at radius 3 is 2.11 bits per heavy atom. The van der Waals surface area contributed by atoms with Gasteiger partial charge in [0.25, 0.3) is 0 Å². The van der Waals surface area contributed by atoms with E-state index in [1.165, 1.54) is 24.3 Å². The van der Waals surface area contributed by atoms with Crippen molar-refractivity contribution in [3.63, 3.8) is 0 Å². The minimum atomic E-state index is -4.68. The third-order valence-electron chi connectivity index (χ3n) is 2.64. The number of hydrogen-bond donors (Lipinski definition) is 0. The Labute approximate surface area is 109 Å². The van der Waals surface area contributed by atoms with Crippen molar-refractivity contribution in [2.45, 2.75) is 20.2 Å². The summed E-state index contributed by atoms with van der Waals surface area (Å²) in [4.78, 5) is 0. The maximum atomic E-state index is 12.0. The van der Waals surface area contributed by atoms with E-state index in [1.54, 1.807) is 0 Å². The zero-order valence-corrected chi connectivity index (χ0v) is 10.7. The van der Waals surface area contributed by atoms with Crippen LogP contribution in [0.3, 0.4) is 0 Å². The van der Waals surface area contributed by atoms with E-state index >= 15 is 0 Å². The van der Waals surface area contributed by atoms with E-state index in [1.807, 2.05) is 13.8 Å². The molecule has 1 heterocycles. The van der Waals surface area contributed by atoms with Gasteiger partial charge in [0.15, 0.2) is 0 Å². The van der Waals surface area contributed by atoms with Gasteiger partial charge in [-0.15, -0.1) is 13.2 Å². The highest BCUT2D eigenvalue weighted by molar-refractivity contribution is 6.61. The lowest BCUT2D eigenvalue weighted by Crippen LogP contribution is -2.47. The molecule has 3 nitrogen and oxygen atoms in total. The maximum absolute atomic E-state index is 12.0. The summed E-state index contributed by atoms with van der Waals surface area (Å²) in [7, 11) is -0.534. The second-order valence-corrected chi connectivity index (χ2v) is 5.23. The molecule has 0 bridgehead atoms. The zero-order valence-electron chi connectivity index (χ0n) is 10.7. The van der Waals surface area contributed by atoms with Gasteiger partial charge < -0.3 is 14.0 Å². The van der Waals surface area contributed by atoms with Crippen molar-refractivity contribution >= 4 is 12.6 Å². The smallest absolute Gasteiger partial charge is 0.407 e. The van der Waals surface area contributed by atoms with Crippen LogP contribution in [-0.2, 0) is 9.31 Å². The van der Waals surface area contributed by atoms with Gasteiger partial charge in [0.1, 0.15) is 5.75 Å². The predicted molar refractivity (Wildman–Crippen MR) is 64.2 cm³/mol. The first-order valence-corrected chi connectivity index (χ1v) is 5.84. The van der Waals surface area contributed by atoms with E-state index < -0.39 is 13.5 Å². The van der Waals surface area contributed by atoms with E-state index in [4.69, 9.17) is 9.31 Å². The first-order valence-electron chi connectivity index (χ1n) is 5.84. The van der Waals surface area contributed by atoms with Crippen molar-refractivity contribution in [3.8, 4) is 5.75 Å². The Morgan fingerprint density at radius 1 is 1.11 bits per heavy atom. The van der Waals surface area contributed by atoms with E-state index in [0.29, 0.717) is 18.7 Å². The average Bonchev–Trinajstić information content (AvgIpc) is 2.28. The molecular weight excluding hydrogens is 260 g/mol. The van der Waals surface area contributed by atoms with Gasteiger partial charge in [-0.3, -0.25) is 0 Å². The summed E-state index contributed by atoms with van der Waals surface area (Å²) in [6.07, 6.45) is -4.68. The van der Waals surface area contributed by atoms with Crippen LogP contribution in [0.1, 0.15) is 13.8 Å². The fraction of sp³-hybridized carbons (Fsp3) is 0.500. The van der Waals surface area contributed by atoms with Crippen LogP contribution < -0.4 is 10.2 Å². The van der Waals surface area contributed by atoms with Crippen molar-refractivity contribution in [2.75, 3.05) is 13.2 Å². The molecule has 0 radical (unpaired) electrons. The Morgan fingerprint density at radius 2 is 1.63 bits per heavy atom. The molecule has 7 heteroatoms. The summed E-state index contributed by atoms with van der Waals surface area (Å²) in [5, 5.41) is 0. The van der Waals surface area contributed by atoms with Gasteiger partial charge >= 0.3 is 13.5 Å². The largest absolute Gasteiger partial charge is 0.573 e. The van der Waals surface area contributed by atoms with E-state index in [-0.39, 0.29) is 11.2 Å². The lowest BCUT2D eigenvalue weighted by Gasteiger charge is -2.33. The summed E-state index contributed by atoms with van der Waals surface area (Å²) < 4.78 is 50.9. The quantitative estimate of drug-likeness (QED) is 0.775. The van der Waals surface area contributed by atoms with Crippen molar-refractivity contribution in [1.29, 1.82) is 0 Å². The number of rotatable bonds is 2.